The van der Waals surface area contributed by atoms with Gasteiger partial charge in [0.1, 0.15) is 5.75 Å². The molecular weight excluding hydrogens is 628 g/mol. The Balaban J connectivity index is 1.95. The molecule has 0 N–H and O–H groups in total. The van der Waals surface area contributed by atoms with E-state index in [0.717, 1.165) is 16.9 Å². The molecule has 0 aromatic heterocycles. The Hall–Kier alpha value is -2.86. The lowest BCUT2D eigenvalue weighted by Gasteiger charge is -2.50. The Labute approximate surface area is 288 Å². The first kappa shape index (κ1) is 39.6. The predicted molar refractivity (Wildman–Crippen MR) is 188 cm³/mol. The van der Waals surface area contributed by atoms with Gasteiger partial charge in [-0.1, -0.05) is 77.1 Å². The molecule has 2 unspecified atom stereocenters. The minimum Gasteiger partial charge on any atom is -0.497 e. The molecule has 3 rings (SSSR count). The van der Waals surface area contributed by atoms with E-state index in [1.807, 2.05) is 75.4 Å². The Kier molecular flexibility index (Phi) is 13.8. The number of hydrogen-bond donors (Lipinski definition) is 0. The summed E-state index contributed by atoms with van der Waals surface area (Å²) in [6.07, 6.45) is 0.446. The van der Waals surface area contributed by atoms with Gasteiger partial charge < -0.3 is 32.8 Å². The van der Waals surface area contributed by atoms with Gasteiger partial charge in [0.05, 0.1) is 45.7 Å². The van der Waals surface area contributed by atoms with Gasteiger partial charge >= 0.3 is 5.97 Å². The van der Waals surface area contributed by atoms with Crippen molar-refractivity contribution in [2.24, 2.45) is 5.41 Å². The highest BCUT2D eigenvalue weighted by Crippen LogP contribution is 2.46. The van der Waals surface area contributed by atoms with Gasteiger partial charge in [-0.3, -0.25) is 4.79 Å². The third-order valence-electron chi connectivity index (χ3n) is 9.64. The van der Waals surface area contributed by atoms with Crippen molar-refractivity contribution in [1.29, 1.82) is 0 Å². The summed E-state index contributed by atoms with van der Waals surface area (Å²) in [5.41, 5.74) is 1.35. The van der Waals surface area contributed by atoms with Crippen LogP contribution in [0.15, 0.2) is 66.2 Å². The van der Waals surface area contributed by atoms with E-state index in [2.05, 4.69) is 33.9 Å². The highest BCUT2D eigenvalue weighted by atomic mass is 28.4. The highest BCUT2D eigenvalue weighted by Gasteiger charge is 2.58. The molecule has 1 aliphatic heterocycles. The van der Waals surface area contributed by atoms with Crippen LogP contribution in [0.2, 0.25) is 18.1 Å². The number of rotatable bonds is 16. The fraction of sp³-hybridized carbons (Fsp3) is 0.579. The molecule has 9 nitrogen and oxygen atoms in total. The zero-order valence-electron chi connectivity index (χ0n) is 30.7. The monoisotopic (exact) mass is 684 g/mol. The molecule has 0 spiro atoms. The second-order valence-electron chi connectivity index (χ2n) is 14.7. The molecule has 1 saturated heterocycles. The Morgan fingerprint density at radius 2 is 1.56 bits per heavy atom. The van der Waals surface area contributed by atoms with Gasteiger partial charge in [0.25, 0.3) is 0 Å². The van der Waals surface area contributed by atoms with Crippen molar-refractivity contribution in [2.45, 2.75) is 110 Å². The van der Waals surface area contributed by atoms with Crippen LogP contribution in [0.25, 0.3) is 0 Å². The summed E-state index contributed by atoms with van der Waals surface area (Å²) in [7, 11) is 2.19. The van der Waals surface area contributed by atoms with Crippen LogP contribution in [0.1, 0.15) is 65.5 Å². The third-order valence-corrected chi connectivity index (χ3v) is 14.1. The molecule has 2 aromatic rings. The van der Waals surface area contributed by atoms with Gasteiger partial charge in [-0.25, -0.2) is 4.79 Å². The smallest absolute Gasteiger partial charge is 0.330 e. The van der Waals surface area contributed by atoms with Gasteiger partial charge in [0, 0.05) is 43.6 Å². The van der Waals surface area contributed by atoms with E-state index in [9.17, 15) is 9.59 Å². The van der Waals surface area contributed by atoms with Crippen molar-refractivity contribution in [3.63, 3.8) is 0 Å². The Bertz CT molecular complexity index is 1360. The summed E-state index contributed by atoms with van der Waals surface area (Å²) in [6, 6.07) is 17.6. The van der Waals surface area contributed by atoms with Crippen molar-refractivity contribution in [3.05, 3.63) is 77.4 Å². The summed E-state index contributed by atoms with van der Waals surface area (Å²) in [4.78, 5) is 26.7. The van der Waals surface area contributed by atoms with Gasteiger partial charge in [-0.15, -0.1) is 0 Å². The first-order valence-corrected chi connectivity index (χ1v) is 19.5. The first-order chi connectivity index (χ1) is 22.5. The molecule has 1 aliphatic rings. The van der Waals surface area contributed by atoms with Gasteiger partial charge in [-0.2, -0.15) is 0 Å². The van der Waals surface area contributed by atoms with Gasteiger partial charge in [0.2, 0.25) is 11.6 Å². The number of esters is 1. The summed E-state index contributed by atoms with van der Waals surface area (Å²) >= 11 is 0. The molecule has 0 radical (unpaired) electrons. The lowest BCUT2D eigenvalue weighted by atomic mass is 9.76. The van der Waals surface area contributed by atoms with Crippen LogP contribution in [-0.2, 0) is 50.9 Å². The SMILES string of the molecule is COC(=O)/C=C1\C[C@@H](C[C@@H](OCc2ccc(OC)cc2)C(C)OCc2ccccc2)OC(OC)(C(C)(C)CO[Si](C)(C)C(C)(C)C)C1=O. The number of ether oxygens (including phenoxy) is 6. The van der Waals surface area contributed by atoms with E-state index in [0.29, 0.717) is 19.6 Å². The van der Waals surface area contributed by atoms with E-state index in [-0.39, 0.29) is 29.7 Å². The fourth-order valence-electron chi connectivity index (χ4n) is 5.38. The maximum atomic E-state index is 14.2. The lowest BCUT2D eigenvalue weighted by Crippen LogP contribution is -2.62. The summed E-state index contributed by atoms with van der Waals surface area (Å²) in [5, 5.41) is -0.0381. The van der Waals surface area contributed by atoms with Crippen LogP contribution < -0.4 is 4.74 Å². The van der Waals surface area contributed by atoms with Crippen molar-refractivity contribution < 1.29 is 42.4 Å². The molecule has 0 aliphatic carbocycles. The number of ketones is 1. The lowest BCUT2D eigenvalue weighted by molar-refractivity contribution is -0.293. The average Bonchev–Trinajstić information content (AvgIpc) is 3.06. The molecule has 266 valence electrons. The van der Waals surface area contributed by atoms with Crippen molar-refractivity contribution >= 4 is 20.1 Å². The molecule has 1 fully saturated rings. The molecule has 0 saturated carbocycles. The van der Waals surface area contributed by atoms with Crippen LogP contribution in [0.3, 0.4) is 0 Å². The molecule has 2 aromatic carbocycles. The van der Waals surface area contributed by atoms with Gasteiger partial charge in [-0.05, 0) is 48.3 Å². The predicted octanol–water partition coefficient (Wildman–Crippen LogP) is 7.42. The van der Waals surface area contributed by atoms with E-state index in [1.54, 1.807) is 7.11 Å². The normalized spacial score (nSPS) is 21.2. The molecular formula is C38H56O9Si. The summed E-state index contributed by atoms with van der Waals surface area (Å²) < 4.78 is 42.5. The van der Waals surface area contributed by atoms with E-state index in [4.69, 9.17) is 32.8 Å². The molecule has 4 atom stereocenters. The minimum atomic E-state index is -2.19. The standard InChI is InChI=1S/C38H56O9Si/c1-27(44-24-28-15-13-12-14-16-28)33(45-25-29-17-19-31(41-7)20-18-29)23-32-21-30(22-34(39)42-8)35(40)38(43-9,47-32)37(5,6)26-46-48(10,11)36(2,3)4/h12-20,22,27,32-33H,21,23-26H2,1-11H3/b30-22+/t27?,32-,33+,38?/m0/s1. The zero-order valence-corrected chi connectivity index (χ0v) is 31.7. The van der Waals surface area contributed by atoms with Gasteiger partial charge in [0.15, 0.2) is 8.32 Å². The average molecular weight is 685 g/mol. The largest absolute Gasteiger partial charge is 0.497 e. The van der Waals surface area contributed by atoms with E-state index >= 15 is 0 Å². The van der Waals surface area contributed by atoms with Crippen molar-refractivity contribution in [2.75, 3.05) is 27.9 Å². The minimum absolute atomic E-state index is 0.0381. The van der Waals surface area contributed by atoms with Crippen LogP contribution in [0.5, 0.6) is 5.75 Å². The van der Waals surface area contributed by atoms with Crippen LogP contribution in [-0.4, -0.2) is 72.1 Å². The molecule has 1 heterocycles. The maximum Gasteiger partial charge on any atom is 0.330 e. The molecule has 0 bridgehead atoms. The Morgan fingerprint density at radius 3 is 2.12 bits per heavy atom. The summed E-state index contributed by atoms with van der Waals surface area (Å²) in [5.74, 6) is -2.01. The highest BCUT2D eigenvalue weighted by molar-refractivity contribution is 6.74. The Morgan fingerprint density at radius 1 is 0.958 bits per heavy atom. The number of benzene rings is 2. The third kappa shape index (κ3) is 9.86. The van der Waals surface area contributed by atoms with E-state index < -0.39 is 43.5 Å². The second-order valence-corrected chi connectivity index (χ2v) is 19.5. The van der Waals surface area contributed by atoms with E-state index in [1.165, 1.54) is 20.3 Å². The van der Waals surface area contributed by atoms with Crippen LogP contribution in [0, 0.1) is 5.41 Å². The second kappa shape index (κ2) is 16.7. The van der Waals surface area contributed by atoms with Crippen molar-refractivity contribution in [1.82, 2.24) is 0 Å². The number of methoxy groups -OCH3 is 3. The molecule has 48 heavy (non-hydrogen) atoms. The maximum absolute atomic E-state index is 14.2. The topological polar surface area (TPSA) is 98.8 Å². The number of carbonyl (C=O) groups is 2. The zero-order chi connectivity index (χ0) is 35.8. The number of Topliss-reactive ketones (excluding diaryl/α,β-unsaturated/α-hetero) is 1. The number of carbonyl (C=O) groups excluding carboxylic acids is 2. The molecule has 0 amide bonds. The van der Waals surface area contributed by atoms with Crippen LogP contribution >= 0.6 is 0 Å². The molecule has 10 heteroatoms. The van der Waals surface area contributed by atoms with Crippen LogP contribution in [0.4, 0.5) is 0 Å². The number of hydrogen-bond acceptors (Lipinski definition) is 9. The van der Waals surface area contributed by atoms with Crippen molar-refractivity contribution in [3.8, 4) is 5.75 Å². The first-order valence-electron chi connectivity index (χ1n) is 16.6. The quantitative estimate of drug-likeness (QED) is 0.102. The fourth-order valence-corrected chi connectivity index (χ4v) is 6.54. The summed E-state index contributed by atoms with van der Waals surface area (Å²) in [6.45, 7) is 17.6.